The SMILES string of the molecule is O.O=C(O)C(O)C(O)C(=O)O.O=C(O)O. The highest BCUT2D eigenvalue weighted by Gasteiger charge is 2.29. The molecule has 0 heterocycles. The van der Waals surface area contributed by atoms with Gasteiger partial charge >= 0.3 is 18.1 Å². The van der Waals surface area contributed by atoms with E-state index < -0.39 is 30.3 Å². The molecule has 0 aromatic rings. The Labute approximate surface area is 81.9 Å². The molecule has 0 aliphatic carbocycles. The van der Waals surface area contributed by atoms with Crippen molar-refractivity contribution in [2.75, 3.05) is 0 Å². The number of rotatable bonds is 3. The summed E-state index contributed by atoms with van der Waals surface area (Å²) in [5.41, 5.74) is 0. The number of hydrogen-bond acceptors (Lipinski definition) is 5. The summed E-state index contributed by atoms with van der Waals surface area (Å²) in [5.74, 6) is -3.54. The van der Waals surface area contributed by atoms with Crippen LogP contribution in [0.2, 0.25) is 0 Å². The highest BCUT2D eigenvalue weighted by Crippen LogP contribution is 1.92. The van der Waals surface area contributed by atoms with E-state index in [1.54, 1.807) is 0 Å². The van der Waals surface area contributed by atoms with Crippen LogP contribution in [0.3, 0.4) is 0 Å². The predicted molar refractivity (Wildman–Crippen MR) is 41.6 cm³/mol. The molecule has 0 aliphatic rings. The number of carbonyl (C=O) groups is 3. The van der Waals surface area contributed by atoms with Crippen LogP contribution in [-0.2, 0) is 9.59 Å². The van der Waals surface area contributed by atoms with Crippen molar-refractivity contribution in [2.24, 2.45) is 0 Å². The molecule has 0 saturated carbocycles. The van der Waals surface area contributed by atoms with Gasteiger partial charge in [-0.3, -0.25) is 0 Å². The van der Waals surface area contributed by atoms with Crippen LogP contribution < -0.4 is 0 Å². The molecule has 10 heteroatoms. The van der Waals surface area contributed by atoms with Crippen LogP contribution in [0.5, 0.6) is 0 Å². The molecule has 2 atom stereocenters. The first-order chi connectivity index (χ1) is 6.20. The number of carboxylic acids is 2. The molecule has 0 aromatic heterocycles. The van der Waals surface area contributed by atoms with Gasteiger partial charge in [0.15, 0.2) is 12.2 Å². The van der Waals surface area contributed by atoms with Gasteiger partial charge in [-0.2, -0.15) is 0 Å². The Morgan fingerprint density at radius 1 is 0.733 bits per heavy atom. The Morgan fingerprint density at radius 3 is 0.933 bits per heavy atom. The minimum absolute atomic E-state index is 0. The summed E-state index contributed by atoms with van der Waals surface area (Å²) in [4.78, 5) is 28.1. The molecule has 10 nitrogen and oxygen atoms in total. The summed E-state index contributed by atoms with van der Waals surface area (Å²) >= 11 is 0. The topological polar surface area (TPSA) is 204 Å². The van der Waals surface area contributed by atoms with E-state index in [0.29, 0.717) is 0 Å². The Morgan fingerprint density at radius 2 is 0.867 bits per heavy atom. The number of hydrogen-bond donors (Lipinski definition) is 6. The minimum atomic E-state index is -2.27. The highest BCUT2D eigenvalue weighted by molar-refractivity contribution is 5.83. The molecule has 15 heavy (non-hydrogen) atoms. The average molecular weight is 230 g/mol. The fourth-order valence-electron chi connectivity index (χ4n) is 0.270. The van der Waals surface area contributed by atoms with Gasteiger partial charge in [0.1, 0.15) is 0 Å². The molecule has 0 saturated heterocycles. The molecule has 0 aromatic carbocycles. The molecular weight excluding hydrogens is 220 g/mol. The molecule has 8 N–H and O–H groups in total. The number of carboxylic acid groups (broad SMARTS) is 4. The van der Waals surface area contributed by atoms with E-state index in [1.165, 1.54) is 0 Å². The largest absolute Gasteiger partial charge is 0.503 e. The average Bonchev–Trinajstić information content (AvgIpc) is 2.00. The second-order valence-corrected chi connectivity index (χ2v) is 1.85. The second kappa shape index (κ2) is 8.68. The van der Waals surface area contributed by atoms with Crippen molar-refractivity contribution in [1.29, 1.82) is 0 Å². The lowest BCUT2D eigenvalue weighted by atomic mass is 10.2. The maximum Gasteiger partial charge on any atom is 0.503 e. The van der Waals surface area contributed by atoms with E-state index in [0.717, 1.165) is 0 Å². The normalized spacial score (nSPS) is 12.1. The second-order valence-electron chi connectivity index (χ2n) is 1.85. The van der Waals surface area contributed by atoms with E-state index in [1.807, 2.05) is 0 Å². The zero-order valence-corrected chi connectivity index (χ0v) is 7.06. The van der Waals surface area contributed by atoms with E-state index in [-0.39, 0.29) is 5.48 Å². The Bertz CT molecular complexity index is 200. The molecule has 0 fully saturated rings. The van der Waals surface area contributed by atoms with Crippen molar-refractivity contribution < 1.29 is 50.5 Å². The lowest BCUT2D eigenvalue weighted by Crippen LogP contribution is -2.39. The third kappa shape index (κ3) is 12.1. The van der Waals surface area contributed by atoms with Crippen LogP contribution in [0.15, 0.2) is 0 Å². The Balaban J connectivity index is -0.000000249. The van der Waals surface area contributed by atoms with E-state index >= 15 is 0 Å². The van der Waals surface area contributed by atoms with Gasteiger partial charge < -0.3 is 36.1 Å². The van der Waals surface area contributed by atoms with Gasteiger partial charge in [-0.05, 0) is 0 Å². The van der Waals surface area contributed by atoms with Crippen LogP contribution >= 0.6 is 0 Å². The molecule has 0 bridgehead atoms. The lowest BCUT2D eigenvalue weighted by Gasteiger charge is -2.07. The molecule has 0 aliphatic heterocycles. The maximum absolute atomic E-state index is 9.77. The lowest BCUT2D eigenvalue weighted by molar-refractivity contribution is -0.165. The fraction of sp³-hybridized carbons (Fsp3) is 0.400. The monoisotopic (exact) mass is 230 g/mol. The molecular formula is C5H10O10. The van der Waals surface area contributed by atoms with Crippen molar-refractivity contribution in [2.45, 2.75) is 12.2 Å². The van der Waals surface area contributed by atoms with Crippen LogP contribution in [0.25, 0.3) is 0 Å². The van der Waals surface area contributed by atoms with Crippen molar-refractivity contribution in [1.82, 2.24) is 0 Å². The van der Waals surface area contributed by atoms with E-state index in [2.05, 4.69) is 0 Å². The Kier molecular flexibility index (Phi) is 10.9. The first-order valence-corrected chi connectivity index (χ1v) is 2.93. The van der Waals surface area contributed by atoms with E-state index in [9.17, 15) is 9.59 Å². The number of aliphatic carboxylic acids is 2. The van der Waals surface area contributed by atoms with Gasteiger partial charge in [0.2, 0.25) is 0 Å². The van der Waals surface area contributed by atoms with Crippen LogP contribution in [0, 0.1) is 0 Å². The molecule has 0 amide bonds. The van der Waals surface area contributed by atoms with Crippen LogP contribution in [-0.4, -0.2) is 66.4 Å². The van der Waals surface area contributed by atoms with Crippen LogP contribution in [0.1, 0.15) is 0 Å². The van der Waals surface area contributed by atoms with Gasteiger partial charge in [-0.25, -0.2) is 14.4 Å². The first kappa shape index (κ1) is 18.8. The van der Waals surface area contributed by atoms with Gasteiger partial charge in [0.05, 0.1) is 0 Å². The number of aliphatic hydroxyl groups is 2. The minimum Gasteiger partial charge on any atom is -0.479 e. The maximum atomic E-state index is 9.77. The Hall–Kier alpha value is -1.91. The zero-order chi connectivity index (χ0) is 11.9. The molecule has 0 radical (unpaired) electrons. The van der Waals surface area contributed by atoms with Gasteiger partial charge in [-0.15, -0.1) is 0 Å². The third-order valence-corrected chi connectivity index (χ3v) is 0.805. The van der Waals surface area contributed by atoms with Crippen molar-refractivity contribution in [3.05, 3.63) is 0 Å². The highest BCUT2D eigenvalue weighted by atomic mass is 16.6. The zero-order valence-electron chi connectivity index (χ0n) is 7.06. The van der Waals surface area contributed by atoms with E-state index in [4.69, 9.17) is 35.4 Å². The standard InChI is InChI=1S/C4H6O6.CH2O3.H2O/c5-1(3(7)8)2(6)4(9)10;2-1(3)4;/h1-2,5-6H,(H,7,8)(H,9,10);(H2,2,3,4);1H2. The van der Waals surface area contributed by atoms with Crippen LogP contribution in [0.4, 0.5) is 4.79 Å². The molecule has 0 spiro atoms. The van der Waals surface area contributed by atoms with Crippen molar-refractivity contribution in [3.8, 4) is 0 Å². The van der Waals surface area contributed by atoms with Gasteiger partial charge in [-0.1, -0.05) is 0 Å². The summed E-state index contributed by atoms with van der Waals surface area (Å²) < 4.78 is 0. The molecule has 90 valence electrons. The molecule has 0 rings (SSSR count). The smallest absolute Gasteiger partial charge is 0.479 e. The fourth-order valence-corrected chi connectivity index (χ4v) is 0.270. The summed E-state index contributed by atoms with van der Waals surface area (Å²) in [7, 11) is 0. The summed E-state index contributed by atoms with van der Waals surface area (Å²) in [6.45, 7) is 0. The number of aliphatic hydroxyl groups excluding tert-OH is 2. The van der Waals surface area contributed by atoms with Gasteiger partial charge in [0, 0.05) is 0 Å². The summed E-state index contributed by atoms with van der Waals surface area (Å²) in [5, 5.41) is 46.5. The first-order valence-electron chi connectivity index (χ1n) is 2.93. The predicted octanol–water partition coefficient (Wildman–Crippen LogP) is -2.72. The quantitative estimate of drug-likeness (QED) is 0.297. The van der Waals surface area contributed by atoms with Gasteiger partial charge in [0.25, 0.3) is 0 Å². The summed E-state index contributed by atoms with van der Waals surface area (Å²) in [6, 6.07) is 0. The molecule has 2 unspecified atom stereocenters. The van der Waals surface area contributed by atoms with Crippen molar-refractivity contribution in [3.63, 3.8) is 0 Å². The van der Waals surface area contributed by atoms with Crippen molar-refractivity contribution >= 4 is 18.1 Å². The summed E-state index contributed by atoms with van der Waals surface area (Å²) in [6.07, 6.45) is -6.37. The third-order valence-electron chi connectivity index (χ3n) is 0.805.